The molecular weight excluding hydrogens is 358 g/mol. The van der Waals surface area contributed by atoms with Crippen molar-refractivity contribution in [1.82, 2.24) is 9.62 Å². The molecule has 1 saturated heterocycles. The number of rotatable bonds is 6. The molecule has 1 aromatic rings. The molecule has 1 aliphatic heterocycles. The van der Waals surface area contributed by atoms with Crippen LogP contribution in [0.1, 0.15) is 25.7 Å². The summed E-state index contributed by atoms with van der Waals surface area (Å²) < 4.78 is 37.5. The SMILES string of the molecule is COc1ccc(S(=O)(=O)N2CCC(NC(=O)C3(N)CC3)CC2)cc1OC. The van der Waals surface area contributed by atoms with Gasteiger partial charge in [0, 0.05) is 25.2 Å². The Morgan fingerprint density at radius 1 is 1.19 bits per heavy atom. The van der Waals surface area contributed by atoms with E-state index in [2.05, 4.69) is 5.32 Å². The van der Waals surface area contributed by atoms with Gasteiger partial charge >= 0.3 is 0 Å². The number of ether oxygens (including phenoxy) is 2. The van der Waals surface area contributed by atoms with Gasteiger partial charge in [-0.1, -0.05) is 0 Å². The number of methoxy groups -OCH3 is 2. The van der Waals surface area contributed by atoms with E-state index in [1.807, 2.05) is 0 Å². The van der Waals surface area contributed by atoms with E-state index in [9.17, 15) is 13.2 Å². The molecule has 0 spiro atoms. The van der Waals surface area contributed by atoms with Crippen molar-refractivity contribution in [1.29, 1.82) is 0 Å². The summed E-state index contributed by atoms with van der Waals surface area (Å²) >= 11 is 0. The largest absolute Gasteiger partial charge is 0.493 e. The molecule has 1 heterocycles. The molecule has 8 nitrogen and oxygen atoms in total. The number of nitrogens with two attached hydrogens (primary N) is 1. The molecule has 144 valence electrons. The lowest BCUT2D eigenvalue weighted by Gasteiger charge is -2.32. The first-order valence-corrected chi connectivity index (χ1v) is 10.1. The molecule has 1 aliphatic carbocycles. The average molecular weight is 383 g/mol. The number of carbonyl (C=O) groups excluding carboxylic acids is 1. The van der Waals surface area contributed by atoms with Crippen LogP contribution in [0.15, 0.2) is 23.1 Å². The van der Waals surface area contributed by atoms with Crippen LogP contribution >= 0.6 is 0 Å². The number of carbonyl (C=O) groups is 1. The van der Waals surface area contributed by atoms with Crippen LogP contribution < -0.4 is 20.5 Å². The first kappa shape index (κ1) is 18.9. The number of piperidine rings is 1. The molecule has 0 unspecified atom stereocenters. The zero-order chi connectivity index (χ0) is 18.9. The Hall–Kier alpha value is -1.84. The molecule has 3 N–H and O–H groups in total. The highest BCUT2D eigenvalue weighted by molar-refractivity contribution is 7.89. The number of hydrogen-bond acceptors (Lipinski definition) is 6. The second-order valence-electron chi connectivity index (χ2n) is 6.82. The van der Waals surface area contributed by atoms with Gasteiger partial charge in [-0.15, -0.1) is 0 Å². The summed E-state index contributed by atoms with van der Waals surface area (Å²) in [6.45, 7) is 0.693. The molecule has 1 aromatic carbocycles. The lowest BCUT2D eigenvalue weighted by Crippen LogP contribution is -2.51. The fourth-order valence-electron chi connectivity index (χ4n) is 3.06. The minimum absolute atomic E-state index is 0.0413. The summed E-state index contributed by atoms with van der Waals surface area (Å²) in [6.07, 6.45) is 2.55. The maximum atomic E-state index is 12.9. The Morgan fingerprint density at radius 3 is 2.35 bits per heavy atom. The Balaban J connectivity index is 1.65. The molecule has 2 fully saturated rings. The van der Waals surface area contributed by atoms with Gasteiger partial charge < -0.3 is 20.5 Å². The molecule has 1 amide bonds. The maximum absolute atomic E-state index is 12.9. The molecule has 0 bridgehead atoms. The van der Waals surface area contributed by atoms with Crippen molar-refractivity contribution in [2.24, 2.45) is 5.73 Å². The zero-order valence-corrected chi connectivity index (χ0v) is 15.8. The van der Waals surface area contributed by atoms with Crippen LogP contribution in [0.25, 0.3) is 0 Å². The third-order valence-electron chi connectivity index (χ3n) is 5.02. The predicted molar refractivity (Wildman–Crippen MR) is 95.6 cm³/mol. The fourth-order valence-corrected chi connectivity index (χ4v) is 4.54. The van der Waals surface area contributed by atoms with E-state index < -0.39 is 15.6 Å². The van der Waals surface area contributed by atoms with Crippen LogP contribution in [-0.4, -0.2) is 57.5 Å². The third kappa shape index (κ3) is 3.65. The summed E-state index contributed by atoms with van der Waals surface area (Å²) in [5.41, 5.74) is 5.18. The molecule has 9 heteroatoms. The van der Waals surface area contributed by atoms with Crippen molar-refractivity contribution in [2.45, 2.75) is 42.2 Å². The van der Waals surface area contributed by atoms with E-state index in [-0.39, 0.29) is 16.8 Å². The van der Waals surface area contributed by atoms with Crippen molar-refractivity contribution in [3.05, 3.63) is 18.2 Å². The van der Waals surface area contributed by atoms with E-state index >= 15 is 0 Å². The summed E-state index contributed by atoms with van der Waals surface area (Å²) in [7, 11) is -0.664. The van der Waals surface area contributed by atoms with Crippen molar-refractivity contribution in [3.63, 3.8) is 0 Å². The summed E-state index contributed by atoms with van der Waals surface area (Å²) in [5, 5.41) is 2.94. The van der Waals surface area contributed by atoms with E-state index in [0.717, 1.165) is 0 Å². The molecule has 3 rings (SSSR count). The second-order valence-corrected chi connectivity index (χ2v) is 8.76. The van der Waals surface area contributed by atoms with Gasteiger partial charge in [0.2, 0.25) is 15.9 Å². The molecule has 0 aromatic heterocycles. The lowest BCUT2D eigenvalue weighted by molar-refractivity contribution is -0.124. The molecular formula is C17H25N3O5S. The number of nitrogens with one attached hydrogen (secondary N) is 1. The molecule has 1 saturated carbocycles. The predicted octanol–water partition coefficient (Wildman–Crippen LogP) is 0.464. The first-order valence-electron chi connectivity index (χ1n) is 8.62. The standard InChI is InChI=1S/C17H25N3O5S/c1-24-14-4-3-13(11-15(14)25-2)26(22,23)20-9-5-12(6-10-20)19-16(21)17(18)7-8-17/h3-4,11-12H,5-10,18H2,1-2H3,(H,19,21). The van der Waals surface area contributed by atoms with Gasteiger partial charge in [0.25, 0.3) is 0 Å². The monoisotopic (exact) mass is 383 g/mol. The van der Waals surface area contributed by atoms with Crippen LogP contribution in [0.4, 0.5) is 0 Å². The highest BCUT2D eigenvalue weighted by Gasteiger charge is 2.46. The van der Waals surface area contributed by atoms with Gasteiger partial charge in [0.1, 0.15) is 0 Å². The van der Waals surface area contributed by atoms with Gasteiger partial charge in [0.05, 0.1) is 24.7 Å². The van der Waals surface area contributed by atoms with Crippen LogP contribution in [0.2, 0.25) is 0 Å². The Kier molecular flexibility index (Phi) is 5.14. The van der Waals surface area contributed by atoms with Crippen LogP contribution in [0, 0.1) is 0 Å². The van der Waals surface area contributed by atoms with Crippen molar-refractivity contribution in [3.8, 4) is 11.5 Å². The van der Waals surface area contributed by atoms with Crippen LogP contribution in [-0.2, 0) is 14.8 Å². The topological polar surface area (TPSA) is 111 Å². The number of amides is 1. The Morgan fingerprint density at radius 2 is 1.81 bits per heavy atom. The quantitative estimate of drug-likeness (QED) is 0.738. The van der Waals surface area contributed by atoms with E-state index in [1.165, 1.54) is 30.7 Å². The Bertz CT molecular complexity index is 784. The molecule has 26 heavy (non-hydrogen) atoms. The van der Waals surface area contributed by atoms with E-state index in [4.69, 9.17) is 15.2 Å². The normalized spacial score (nSPS) is 20.4. The molecule has 2 aliphatic rings. The number of sulfonamides is 1. The minimum Gasteiger partial charge on any atom is -0.493 e. The first-order chi connectivity index (χ1) is 12.3. The average Bonchev–Trinajstić information content (AvgIpc) is 3.40. The van der Waals surface area contributed by atoms with E-state index in [1.54, 1.807) is 6.07 Å². The van der Waals surface area contributed by atoms with Crippen LogP contribution in [0.3, 0.4) is 0 Å². The van der Waals surface area contributed by atoms with Crippen LogP contribution in [0.5, 0.6) is 11.5 Å². The number of nitrogens with zero attached hydrogens (tertiary/aromatic N) is 1. The van der Waals surface area contributed by atoms with E-state index in [0.29, 0.717) is 50.3 Å². The third-order valence-corrected chi connectivity index (χ3v) is 6.92. The second kappa shape index (κ2) is 7.05. The van der Waals surface area contributed by atoms with Gasteiger partial charge in [-0.2, -0.15) is 4.31 Å². The van der Waals surface area contributed by atoms with Gasteiger partial charge in [-0.25, -0.2) is 8.42 Å². The summed E-state index contributed by atoms with van der Waals surface area (Å²) in [4.78, 5) is 12.2. The number of benzene rings is 1. The Labute approximate surface area is 153 Å². The minimum atomic E-state index is -3.63. The number of hydrogen-bond donors (Lipinski definition) is 2. The van der Waals surface area contributed by atoms with Gasteiger partial charge in [-0.3, -0.25) is 4.79 Å². The molecule has 0 atom stereocenters. The molecule has 0 radical (unpaired) electrons. The fraction of sp³-hybridized carbons (Fsp3) is 0.588. The lowest BCUT2D eigenvalue weighted by atomic mass is 10.1. The van der Waals surface area contributed by atoms with Crippen molar-refractivity contribution < 1.29 is 22.7 Å². The zero-order valence-electron chi connectivity index (χ0n) is 15.0. The van der Waals surface area contributed by atoms with Gasteiger partial charge in [-0.05, 0) is 37.8 Å². The summed E-state index contributed by atoms with van der Waals surface area (Å²) in [6, 6.07) is 4.51. The highest BCUT2D eigenvalue weighted by Crippen LogP contribution is 2.33. The van der Waals surface area contributed by atoms with Gasteiger partial charge in [0.15, 0.2) is 11.5 Å². The maximum Gasteiger partial charge on any atom is 0.243 e. The summed E-state index contributed by atoms with van der Waals surface area (Å²) in [5.74, 6) is 0.718. The van der Waals surface area contributed by atoms with Crippen molar-refractivity contribution >= 4 is 15.9 Å². The smallest absolute Gasteiger partial charge is 0.243 e. The highest BCUT2D eigenvalue weighted by atomic mass is 32.2. The van der Waals surface area contributed by atoms with Crippen molar-refractivity contribution in [2.75, 3.05) is 27.3 Å².